The van der Waals surface area contributed by atoms with Gasteiger partial charge in [-0.3, -0.25) is 9.59 Å². The minimum absolute atomic E-state index is 0.260. The van der Waals surface area contributed by atoms with Crippen LogP contribution in [0.15, 0.2) is 35.4 Å². The number of nitrogens with zero attached hydrogens (tertiary/aromatic N) is 2. The number of ether oxygens (including phenoxy) is 3. The highest BCUT2D eigenvalue weighted by atomic mass is 35.5. The average molecular weight is 492 g/mol. The number of benzene rings is 2. The first kappa shape index (κ1) is 24.7. The van der Waals surface area contributed by atoms with Crippen LogP contribution >= 0.6 is 23.4 Å². The Kier molecular flexibility index (Phi) is 8.10. The number of aryl methyl sites for hydroxylation is 2. The Balaban J connectivity index is 1.70. The number of methoxy groups -OCH3 is 1. The molecule has 2 aromatic carbocycles. The van der Waals surface area contributed by atoms with Gasteiger partial charge >= 0.3 is 0 Å². The Hall–Kier alpha value is -2.91. The second-order valence-electron chi connectivity index (χ2n) is 7.40. The van der Waals surface area contributed by atoms with E-state index >= 15 is 0 Å². The largest absolute Gasteiger partial charge is 0.493 e. The highest BCUT2D eigenvalue weighted by Gasteiger charge is 2.33. The van der Waals surface area contributed by atoms with E-state index < -0.39 is 5.37 Å². The number of amidine groups is 1. The van der Waals surface area contributed by atoms with E-state index in [0.29, 0.717) is 33.9 Å². The molecule has 0 spiro atoms. The lowest BCUT2D eigenvalue weighted by molar-refractivity contribution is -0.129. The molecule has 176 valence electrons. The number of carbonyl (C=O) groups is 2. The monoisotopic (exact) mass is 491 g/mol. The van der Waals surface area contributed by atoms with Crippen LogP contribution in [-0.2, 0) is 9.59 Å². The van der Waals surface area contributed by atoms with Gasteiger partial charge in [-0.25, -0.2) is 5.01 Å². The van der Waals surface area contributed by atoms with Gasteiger partial charge in [0.15, 0.2) is 16.7 Å². The van der Waals surface area contributed by atoms with Crippen molar-refractivity contribution in [2.24, 2.45) is 5.10 Å². The minimum Gasteiger partial charge on any atom is -0.493 e. The first-order valence-electron chi connectivity index (χ1n) is 10.2. The molecule has 0 aromatic heterocycles. The fourth-order valence-electron chi connectivity index (χ4n) is 3.11. The summed E-state index contributed by atoms with van der Waals surface area (Å²) in [4.78, 5) is 23.5. The van der Waals surface area contributed by atoms with Crippen LogP contribution in [0.5, 0.6) is 17.2 Å². The van der Waals surface area contributed by atoms with E-state index in [1.807, 2.05) is 32.0 Å². The molecule has 2 aromatic rings. The highest BCUT2D eigenvalue weighted by molar-refractivity contribution is 8.14. The quantitative estimate of drug-likeness (QED) is 0.576. The van der Waals surface area contributed by atoms with Crippen molar-refractivity contribution >= 4 is 40.3 Å². The lowest BCUT2D eigenvalue weighted by Crippen LogP contribution is -2.25. The van der Waals surface area contributed by atoms with Gasteiger partial charge in [-0.2, -0.15) is 0 Å². The first-order chi connectivity index (χ1) is 15.7. The van der Waals surface area contributed by atoms with Gasteiger partial charge in [0.05, 0.1) is 12.1 Å². The van der Waals surface area contributed by atoms with E-state index in [0.717, 1.165) is 11.3 Å². The molecule has 10 heteroatoms. The number of thioether (sulfide) groups is 1. The van der Waals surface area contributed by atoms with Crippen LogP contribution in [0.4, 0.5) is 0 Å². The Morgan fingerprint density at radius 3 is 2.48 bits per heavy atom. The molecule has 8 nitrogen and oxygen atoms in total. The first-order valence-corrected chi connectivity index (χ1v) is 11.5. The molecule has 2 amide bonds. The molecule has 0 saturated carbocycles. The van der Waals surface area contributed by atoms with Crippen LogP contribution in [0.25, 0.3) is 0 Å². The van der Waals surface area contributed by atoms with Crippen molar-refractivity contribution in [3.63, 3.8) is 0 Å². The second-order valence-corrected chi connectivity index (χ2v) is 8.87. The molecule has 1 unspecified atom stereocenters. The number of hydrogen-bond acceptors (Lipinski definition) is 7. The van der Waals surface area contributed by atoms with Gasteiger partial charge in [-0.15, -0.1) is 5.10 Å². The summed E-state index contributed by atoms with van der Waals surface area (Å²) in [6.07, 6.45) is 0. The maximum atomic E-state index is 12.1. The Labute approximate surface area is 202 Å². The van der Waals surface area contributed by atoms with Gasteiger partial charge in [-0.05, 0) is 54.8 Å². The molecule has 33 heavy (non-hydrogen) atoms. The van der Waals surface area contributed by atoms with Gasteiger partial charge in [0.25, 0.3) is 0 Å². The SMILES string of the molecule is COc1cc(C2SC(NC(C)=O)=NN2C(C)=O)cc(Cl)c1OCCOc1ccc(C)c(C)c1. The minimum atomic E-state index is -0.502. The molecule has 3 rings (SSSR count). The van der Waals surface area contributed by atoms with Crippen molar-refractivity contribution in [1.82, 2.24) is 10.3 Å². The van der Waals surface area contributed by atoms with Crippen molar-refractivity contribution in [3.05, 3.63) is 52.0 Å². The summed E-state index contributed by atoms with van der Waals surface area (Å²) < 4.78 is 17.1. The predicted octanol–water partition coefficient (Wildman–Crippen LogP) is 4.42. The van der Waals surface area contributed by atoms with E-state index in [2.05, 4.69) is 10.4 Å². The number of amides is 2. The van der Waals surface area contributed by atoms with Crippen LogP contribution in [-0.4, -0.2) is 42.3 Å². The maximum Gasteiger partial charge on any atom is 0.241 e. The van der Waals surface area contributed by atoms with E-state index in [1.54, 1.807) is 12.1 Å². The third-order valence-electron chi connectivity index (χ3n) is 4.86. The van der Waals surface area contributed by atoms with Crippen molar-refractivity contribution in [2.45, 2.75) is 33.1 Å². The molecule has 1 atom stereocenters. The van der Waals surface area contributed by atoms with Crippen molar-refractivity contribution in [1.29, 1.82) is 0 Å². The molecule has 1 heterocycles. The van der Waals surface area contributed by atoms with E-state index in [-0.39, 0.29) is 18.4 Å². The summed E-state index contributed by atoms with van der Waals surface area (Å²) in [6.45, 7) is 7.45. The van der Waals surface area contributed by atoms with Gasteiger partial charge in [0, 0.05) is 13.8 Å². The van der Waals surface area contributed by atoms with Gasteiger partial charge < -0.3 is 19.5 Å². The second kappa shape index (κ2) is 10.8. The molecule has 0 aliphatic carbocycles. The summed E-state index contributed by atoms with van der Waals surface area (Å²) in [7, 11) is 1.51. The smallest absolute Gasteiger partial charge is 0.241 e. The number of hydrazone groups is 1. The van der Waals surface area contributed by atoms with Crippen LogP contribution in [0, 0.1) is 13.8 Å². The van der Waals surface area contributed by atoms with Gasteiger partial charge in [-0.1, -0.05) is 29.4 Å². The summed E-state index contributed by atoms with van der Waals surface area (Å²) in [5.74, 6) is 1.03. The molecule has 0 radical (unpaired) electrons. The number of rotatable bonds is 7. The van der Waals surface area contributed by atoms with Crippen LogP contribution < -0.4 is 19.5 Å². The highest BCUT2D eigenvalue weighted by Crippen LogP contribution is 2.44. The molecule has 0 bridgehead atoms. The summed E-state index contributed by atoms with van der Waals surface area (Å²) >= 11 is 7.74. The molecule has 0 fully saturated rings. The topological polar surface area (TPSA) is 89.5 Å². The predicted molar refractivity (Wildman–Crippen MR) is 129 cm³/mol. The zero-order valence-electron chi connectivity index (χ0n) is 19.1. The number of carbonyl (C=O) groups excluding carboxylic acids is 2. The van der Waals surface area contributed by atoms with Crippen molar-refractivity contribution < 1.29 is 23.8 Å². The number of halogens is 1. The Morgan fingerprint density at radius 2 is 1.85 bits per heavy atom. The van der Waals surface area contributed by atoms with Crippen LogP contribution in [0.2, 0.25) is 5.02 Å². The standard InChI is InChI=1S/C23H26ClN3O5S/c1-13-6-7-18(10-14(13)2)31-8-9-32-21-19(24)11-17(12-20(21)30-5)22-27(16(4)29)26-23(33-22)25-15(3)28/h6-7,10-12,22H,8-9H2,1-5H3,(H,25,26,28). The van der Waals surface area contributed by atoms with Crippen molar-refractivity contribution in [3.8, 4) is 17.2 Å². The van der Waals surface area contributed by atoms with Gasteiger partial charge in [0.1, 0.15) is 24.3 Å². The molecular weight excluding hydrogens is 466 g/mol. The molecular formula is C23H26ClN3O5S. The summed E-state index contributed by atoms with van der Waals surface area (Å²) in [6, 6.07) is 9.35. The molecule has 1 aliphatic rings. The van der Waals surface area contributed by atoms with E-state index in [4.69, 9.17) is 25.8 Å². The van der Waals surface area contributed by atoms with Crippen molar-refractivity contribution in [2.75, 3.05) is 20.3 Å². The Morgan fingerprint density at radius 1 is 1.12 bits per heavy atom. The molecule has 1 aliphatic heterocycles. The molecule has 0 saturated heterocycles. The average Bonchev–Trinajstić information content (AvgIpc) is 3.17. The lowest BCUT2D eigenvalue weighted by Gasteiger charge is -2.21. The van der Waals surface area contributed by atoms with E-state index in [9.17, 15) is 9.59 Å². The summed E-state index contributed by atoms with van der Waals surface area (Å²) in [5, 5.41) is 8.26. The maximum absolute atomic E-state index is 12.1. The number of hydrogen-bond donors (Lipinski definition) is 1. The lowest BCUT2D eigenvalue weighted by atomic mass is 10.1. The number of nitrogens with one attached hydrogen (secondary N) is 1. The fraction of sp³-hybridized carbons (Fsp3) is 0.348. The zero-order chi connectivity index (χ0) is 24.1. The summed E-state index contributed by atoms with van der Waals surface area (Å²) in [5.41, 5.74) is 3.04. The third-order valence-corrected chi connectivity index (χ3v) is 6.25. The van der Waals surface area contributed by atoms with Crippen LogP contribution in [0.3, 0.4) is 0 Å². The van der Waals surface area contributed by atoms with Crippen LogP contribution in [0.1, 0.15) is 35.9 Å². The van der Waals surface area contributed by atoms with E-state index in [1.165, 1.54) is 43.3 Å². The molecule has 1 N–H and O–H groups in total. The van der Waals surface area contributed by atoms with Gasteiger partial charge in [0.2, 0.25) is 11.8 Å². The zero-order valence-corrected chi connectivity index (χ0v) is 20.7. The fourth-order valence-corrected chi connectivity index (χ4v) is 4.50. The normalized spacial score (nSPS) is 15.2. The third kappa shape index (κ3) is 6.11. The Bertz CT molecular complexity index is 1090.